The second-order valence-electron chi connectivity index (χ2n) is 3.82. The third kappa shape index (κ3) is 4.18. The van der Waals surface area contributed by atoms with E-state index in [1.165, 1.54) is 12.1 Å². The van der Waals surface area contributed by atoms with E-state index in [1.54, 1.807) is 6.07 Å². The third-order valence-electron chi connectivity index (χ3n) is 2.45. The first-order valence-electron chi connectivity index (χ1n) is 5.33. The molecule has 0 aliphatic rings. The van der Waals surface area contributed by atoms with Gasteiger partial charge in [0.25, 0.3) is 0 Å². The lowest BCUT2D eigenvalue weighted by atomic mass is 10.0. The molecule has 1 unspecified atom stereocenters. The maximum Gasteiger partial charge on any atom is 0.123 e. The first kappa shape index (κ1) is 12.5. The van der Waals surface area contributed by atoms with E-state index in [0.717, 1.165) is 31.2 Å². The van der Waals surface area contributed by atoms with Gasteiger partial charge in [-0.05, 0) is 43.0 Å². The number of rotatable bonds is 5. The van der Waals surface area contributed by atoms with E-state index >= 15 is 0 Å². The Bertz CT molecular complexity index is 314. The van der Waals surface area contributed by atoms with Crippen molar-refractivity contribution in [2.24, 2.45) is 5.73 Å². The van der Waals surface area contributed by atoms with Crippen LogP contribution < -0.4 is 5.73 Å². The Morgan fingerprint density at radius 2 is 2.13 bits per heavy atom. The zero-order valence-corrected chi connectivity index (χ0v) is 9.73. The Hall–Kier alpha value is -0.600. The lowest BCUT2D eigenvalue weighted by molar-refractivity contribution is 0.559. The predicted molar refractivity (Wildman–Crippen MR) is 62.6 cm³/mol. The van der Waals surface area contributed by atoms with Gasteiger partial charge in [0.1, 0.15) is 5.82 Å². The average molecular weight is 230 g/mol. The molecule has 0 spiro atoms. The van der Waals surface area contributed by atoms with Crippen molar-refractivity contribution in [1.82, 2.24) is 0 Å². The molecule has 1 aromatic rings. The molecule has 84 valence electrons. The number of hydrogen-bond donors (Lipinski definition) is 1. The van der Waals surface area contributed by atoms with Crippen LogP contribution in [0.2, 0.25) is 5.02 Å². The van der Waals surface area contributed by atoms with Gasteiger partial charge in [0.05, 0.1) is 0 Å². The fourth-order valence-electron chi connectivity index (χ4n) is 1.59. The highest BCUT2D eigenvalue weighted by atomic mass is 35.5. The van der Waals surface area contributed by atoms with E-state index in [0.29, 0.717) is 5.02 Å². The Labute approximate surface area is 95.4 Å². The number of aryl methyl sites for hydroxylation is 1. The molecular weight excluding hydrogens is 213 g/mol. The van der Waals surface area contributed by atoms with Crippen LogP contribution in [0.15, 0.2) is 18.2 Å². The summed E-state index contributed by atoms with van der Waals surface area (Å²) in [6.45, 7) is 2.11. The van der Waals surface area contributed by atoms with Crippen LogP contribution in [-0.2, 0) is 6.42 Å². The Balaban J connectivity index is 2.53. The predicted octanol–water partition coefficient (Wildman–Crippen LogP) is 3.54. The quantitative estimate of drug-likeness (QED) is 0.821. The minimum atomic E-state index is -0.238. The van der Waals surface area contributed by atoms with Crippen molar-refractivity contribution in [3.05, 3.63) is 34.6 Å². The van der Waals surface area contributed by atoms with Gasteiger partial charge in [-0.15, -0.1) is 0 Å². The molecule has 0 radical (unpaired) electrons. The minimum Gasteiger partial charge on any atom is -0.328 e. The summed E-state index contributed by atoms with van der Waals surface area (Å²) in [4.78, 5) is 0. The molecule has 2 N–H and O–H groups in total. The first-order valence-corrected chi connectivity index (χ1v) is 5.70. The average Bonchev–Trinajstić information content (AvgIpc) is 2.20. The molecule has 15 heavy (non-hydrogen) atoms. The largest absolute Gasteiger partial charge is 0.328 e. The van der Waals surface area contributed by atoms with Gasteiger partial charge in [0, 0.05) is 11.1 Å². The summed E-state index contributed by atoms with van der Waals surface area (Å²) in [5.41, 5.74) is 6.73. The Kier molecular flexibility index (Phi) is 5.06. The molecule has 1 atom stereocenters. The van der Waals surface area contributed by atoms with Crippen molar-refractivity contribution in [3.8, 4) is 0 Å². The van der Waals surface area contributed by atoms with E-state index in [4.69, 9.17) is 17.3 Å². The van der Waals surface area contributed by atoms with Gasteiger partial charge >= 0.3 is 0 Å². The van der Waals surface area contributed by atoms with Crippen molar-refractivity contribution >= 4 is 11.6 Å². The molecule has 0 aliphatic carbocycles. The second kappa shape index (κ2) is 6.09. The summed E-state index contributed by atoms with van der Waals surface area (Å²) in [5, 5.41) is 0.625. The molecule has 0 saturated carbocycles. The van der Waals surface area contributed by atoms with Crippen LogP contribution in [0.5, 0.6) is 0 Å². The van der Waals surface area contributed by atoms with Crippen LogP contribution in [0.25, 0.3) is 0 Å². The molecule has 0 heterocycles. The fraction of sp³-hybridized carbons (Fsp3) is 0.500. The normalized spacial score (nSPS) is 12.8. The first-order chi connectivity index (χ1) is 7.13. The van der Waals surface area contributed by atoms with E-state index in [-0.39, 0.29) is 11.9 Å². The van der Waals surface area contributed by atoms with Gasteiger partial charge in [0.2, 0.25) is 0 Å². The fourth-order valence-corrected chi connectivity index (χ4v) is 1.80. The summed E-state index contributed by atoms with van der Waals surface area (Å²) < 4.78 is 12.9. The zero-order chi connectivity index (χ0) is 11.3. The number of benzene rings is 1. The van der Waals surface area contributed by atoms with Crippen molar-refractivity contribution in [1.29, 1.82) is 0 Å². The van der Waals surface area contributed by atoms with E-state index in [1.807, 2.05) is 0 Å². The third-order valence-corrected chi connectivity index (χ3v) is 2.82. The summed E-state index contributed by atoms with van der Waals surface area (Å²) in [5.74, 6) is -0.238. The molecule has 0 bridgehead atoms. The van der Waals surface area contributed by atoms with E-state index in [9.17, 15) is 4.39 Å². The molecule has 1 rings (SSSR count). The molecule has 1 nitrogen and oxygen atoms in total. The number of hydrogen-bond acceptors (Lipinski definition) is 1. The van der Waals surface area contributed by atoms with Gasteiger partial charge in [-0.1, -0.05) is 24.9 Å². The van der Waals surface area contributed by atoms with Crippen LogP contribution in [-0.4, -0.2) is 6.04 Å². The SMILES string of the molecule is CCCC(N)CCc1cc(F)ccc1Cl. The Morgan fingerprint density at radius 1 is 1.40 bits per heavy atom. The molecule has 0 fully saturated rings. The molecule has 0 aliphatic heterocycles. The summed E-state index contributed by atoms with van der Waals surface area (Å²) in [6, 6.07) is 4.64. The Morgan fingerprint density at radius 3 is 2.80 bits per heavy atom. The van der Waals surface area contributed by atoms with Gasteiger partial charge in [0.15, 0.2) is 0 Å². The molecular formula is C12H17ClFN. The van der Waals surface area contributed by atoms with Crippen LogP contribution >= 0.6 is 11.6 Å². The molecule has 0 aromatic heterocycles. The van der Waals surface area contributed by atoms with Gasteiger partial charge in [-0.25, -0.2) is 4.39 Å². The van der Waals surface area contributed by atoms with Crippen LogP contribution in [0.4, 0.5) is 4.39 Å². The standard InChI is InChI=1S/C12H17ClFN/c1-2-3-11(15)6-4-9-8-10(14)5-7-12(9)13/h5,7-8,11H,2-4,6,15H2,1H3. The minimum absolute atomic E-state index is 0.189. The maximum absolute atomic E-state index is 12.9. The van der Waals surface area contributed by atoms with Crippen molar-refractivity contribution in [2.45, 2.75) is 38.6 Å². The lowest BCUT2D eigenvalue weighted by Crippen LogP contribution is -2.20. The molecule has 0 saturated heterocycles. The summed E-state index contributed by atoms with van der Waals surface area (Å²) >= 11 is 5.95. The van der Waals surface area contributed by atoms with Gasteiger partial charge in [-0.2, -0.15) is 0 Å². The van der Waals surface area contributed by atoms with Crippen LogP contribution in [0, 0.1) is 5.82 Å². The number of halogens is 2. The highest BCUT2D eigenvalue weighted by molar-refractivity contribution is 6.31. The highest BCUT2D eigenvalue weighted by Crippen LogP contribution is 2.19. The maximum atomic E-state index is 12.9. The van der Waals surface area contributed by atoms with E-state index < -0.39 is 0 Å². The summed E-state index contributed by atoms with van der Waals surface area (Å²) in [6.07, 6.45) is 3.69. The zero-order valence-electron chi connectivity index (χ0n) is 8.97. The van der Waals surface area contributed by atoms with Gasteiger partial charge < -0.3 is 5.73 Å². The highest BCUT2D eigenvalue weighted by Gasteiger charge is 2.05. The molecule has 0 amide bonds. The monoisotopic (exact) mass is 229 g/mol. The second-order valence-corrected chi connectivity index (χ2v) is 4.23. The van der Waals surface area contributed by atoms with Crippen LogP contribution in [0.3, 0.4) is 0 Å². The summed E-state index contributed by atoms with van der Waals surface area (Å²) in [7, 11) is 0. The van der Waals surface area contributed by atoms with Crippen LogP contribution in [0.1, 0.15) is 31.7 Å². The van der Waals surface area contributed by atoms with E-state index in [2.05, 4.69) is 6.92 Å². The topological polar surface area (TPSA) is 26.0 Å². The number of nitrogens with two attached hydrogens (primary N) is 1. The smallest absolute Gasteiger partial charge is 0.123 e. The van der Waals surface area contributed by atoms with Crippen molar-refractivity contribution in [3.63, 3.8) is 0 Å². The van der Waals surface area contributed by atoms with Gasteiger partial charge in [-0.3, -0.25) is 0 Å². The molecule has 1 aromatic carbocycles. The van der Waals surface area contributed by atoms with Crippen molar-refractivity contribution < 1.29 is 4.39 Å². The van der Waals surface area contributed by atoms with Crippen molar-refractivity contribution in [2.75, 3.05) is 0 Å². The molecule has 3 heteroatoms. The lowest BCUT2D eigenvalue weighted by Gasteiger charge is -2.10.